The van der Waals surface area contributed by atoms with Crippen LogP contribution >= 0.6 is 31.9 Å². The molecule has 1 N–H and O–H groups in total. The van der Waals surface area contributed by atoms with E-state index in [1.165, 1.54) is 6.42 Å². The number of methoxy groups -OCH3 is 1. The van der Waals surface area contributed by atoms with Crippen LogP contribution in [0.2, 0.25) is 0 Å². The zero-order chi connectivity index (χ0) is 25.9. The summed E-state index contributed by atoms with van der Waals surface area (Å²) >= 11 is 7.15. The first-order chi connectivity index (χ1) is 17.9. The maximum absolute atomic E-state index is 13.5. The highest BCUT2D eigenvalue weighted by Gasteiger charge is 2.37. The number of aromatic nitrogens is 4. The topological polar surface area (TPSA) is 100 Å². The van der Waals surface area contributed by atoms with E-state index in [1.807, 2.05) is 43.3 Å². The molecule has 11 heteroatoms. The molecule has 1 fully saturated rings. The molecule has 0 spiro atoms. The Balaban J connectivity index is 1.48. The minimum absolute atomic E-state index is 0.0764. The molecule has 2 aromatic carbocycles. The van der Waals surface area contributed by atoms with Gasteiger partial charge in [0, 0.05) is 10.2 Å². The molecule has 0 radical (unpaired) electrons. The molecule has 0 bridgehead atoms. The van der Waals surface area contributed by atoms with Gasteiger partial charge in [0.2, 0.25) is 5.95 Å². The maximum Gasteiger partial charge on any atom is 0.338 e. The zero-order valence-corrected chi connectivity index (χ0v) is 23.7. The molecule has 1 saturated carbocycles. The Morgan fingerprint density at radius 3 is 2.73 bits per heavy atom. The van der Waals surface area contributed by atoms with Crippen molar-refractivity contribution in [3.05, 3.63) is 67.7 Å². The smallest absolute Gasteiger partial charge is 0.338 e. The fourth-order valence-electron chi connectivity index (χ4n) is 4.80. The predicted octanol–water partition coefficient (Wildman–Crippen LogP) is 5.95. The summed E-state index contributed by atoms with van der Waals surface area (Å²) in [5.74, 6) is 1.16. The van der Waals surface area contributed by atoms with Crippen LogP contribution in [0.25, 0.3) is 0 Å². The standard InChI is InChI=1S/C26H27Br2N5O4/c1-15-22(25(34)37-19-9-4-3-5-10-19)23(33-26(29-15)30-31-32-33)17-12-20(28)24(21(13-17)35-2)36-14-16-7-6-8-18(27)11-16/h6-8,11-13,19,23H,3-5,9-10,14H2,1-2H3,(H,29,30,32). The Morgan fingerprint density at radius 1 is 1.16 bits per heavy atom. The normalized spacial score (nSPS) is 17.7. The van der Waals surface area contributed by atoms with Gasteiger partial charge in [0.15, 0.2) is 11.5 Å². The Kier molecular flexibility index (Phi) is 7.80. The average molecular weight is 633 g/mol. The van der Waals surface area contributed by atoms with Crippen molar-refractivity contribution in [2.24, 2.45) is 0 Å². The summed E-state index contributed by atoms with van der Waals surface area (Å²) in [6, 6.07) is 11.1. The van der Waals surface area contributed by atoms with E-state index in [0.717, 1.165) is 41.3 Å². The molecule has 2 heterocycles. The highest BCUT2D eigenvalue weighted by molar-refractivity contribution is 9.10. The summed E-state index contributed by atoms with van der Waals surface area (Å²) in [6.45, 7) is 2.20. The number of carbonyl (C=O) groups is 1. The van der Waals surface area contributed by atoms with Gasteiger partial charge in [-0.05, 0) is 94.4 Å². The third-order valence-electron chi connectivity index (χ3n) is 6.60. The lowest BCUT2D eigenvalue weighted by Crippen LogP contribution is -2.32. The van der Waals surface area contributed by atoms with E-state index in [-0.39, 0.29) is 12.1 Å². The summed E-state index contributed by atoms with van der Waals surface area (Å²) in [4.78, 5) is 13.5. The number of tetrazole rings is 1. The Hall–Kier alpha value is -2.92. The molecule has 0 amide bonds. The van der Waals surface area contributed by atoms with Crippen molar-refractivity contribution in [3.8, 4) is 11.5 Å². The van der Waals surface area contributed by atoms with E-state index in [4.69, 9.17) is 14.2 Å². The van der Waals surface area contributed by atoms with Crippen molar-refractivity contribution in [3.63, 3.8) is 0 Å². The molecule has 194 valence electrons. The molecule has 5 rings (SSSR count). The number of esters is 1. The van der Waals surface area contributed by atoms with Gasteiger partial charge in [-0.15, -0.1) is 0 Å². The van der Waals surface area contributed by atoms with Crippen LogP contribution in [-0.2, 0) is 16.1 Å². The van der Waals surface area contributed by atoms with E-state index in [1.54, 1.807) is 11.8 Å². The summed E-state index contributed by atoms with van der Waals surface area (Å²) < 4.78 is 21.1. The number of nitrogens with one attached hydrogen (secondary N) is 1. The highest BCUT2D eigenvalue weighted by Crippen LogP contribution is 2.43. The number of carbonyl (C=O) groups excluding carboxylic acids is 1. The molecule has 1 aromatic heterocycles. The lowest BCUT2D eigenvalue weighted by molar-refractivity contribution is -0.146. The van der Waals surface area contributed by atoms with E-state index in [9.17, 15) is 4.79 Å². The summed E-state index contributed by atoms with van der Waals surface area (Å²) in [5.41, 5.74) is 2.87. The third kappa shape index (κ3) is 5.52. The molecular weight excluding hydrogens is 606 g/mol. The second-order valence-corrected chi connectivity index (χ2v) is 10.9. The minimum Gasteiger partial charge on any atom is -0.493 e. The number of hydrogen-bond donors (Lipinski definition) is 1. The maximum atomic E-state index is 13.5. The van der Waals surface area contributed by atoms with Crippen molar-refractivity contribution in [1.82, 2.24) is 20.2 Å². The first kappa shape index (κ1) is 25.7. The number of fused-ring (bicyclic) bond motifs is 1. The first-order valence-corrected chi connectivity index (χ1v) is 13.7. The number of halogens is 2. The van der Waals surface area contributed by atoms with Gasteiger partial charge in [0.05, 0.1) is 17.2 Å². The van der Waals surface area contributed by atoms with Gasteiger partial charge >= 0.3 is 5.97 Å². The van der Waals surface area contributed by atoms with E-state index in [0.29, 0.717) is 39.8 Å². The fraction of sp³-hybridized carbons (Fsp3) is 0.385. The number of benzene rings is 2. The van der Waals surface area contributed by atoms with Gasteiger partial charge in [-0.25, -0.2) is 4.79 Å². The van der Waals surface area contributed by atoms with Crippen molar-refractivity contribution >= 4 is 43.8 Å². The van der Waals surface area contributed by atoms with Crippen LogP contribution in [0.4, 0.5) is 5.95 Å². The first-order valence-electron chi connectivity index (χ1n) is 12.2. The molecular formula is C26H27Br2N5O4. The second kappa shape index (κ2) is 11.2. The highest BCUT2D eigenvalue weighted by atomic mass is 79.9. The van der Waals surface area contributed by atoms with E-state index < -0.39 is 6.04 Å². The summed E-state index contributed by atoms with van der Waals surface area (Å²) in [6.07, 6.45) is 5.01. The van der Waals surface area contributed by atoms with Crippen LogP contribution in [0.5, 0.6) is 11.5 Å². The Morgan fingerprint density at radius 2 is 1.97 bits per heavy atom. The lowest BCUT2D eigenvalue weighted by Gasteiger charge is -2.30. The van der Waals surface area contributed by atoms with Gasteiger partial charge in [-0.1, -0.05) is 39.6 Å². The average Bonchev–Trinajstić information content (AvgIpc) is 3.35. The van der Waals surface area contributed by atoms with E-state index in [2.05, 4.69) is 52.7 Å². The van der Waals surface area contributed by atoms with Crippen molar-refractivity contribution in [2.45, 2.75) is 57.8 Å². The van der Waals surface area contributed by atoms with E-state index >= 15 is 0 Å². The number of hydrogen-bond acceptors (Lipinski definition) is 8. The Bertz CT molecular complexity index is 1340. The molecule has 1 aliphatic heterocycles. The predicted molar refractivity (Wildman–Crippen MR) is 144 cm³/mol. The number of ether oxygens (including phenoxy) is 3. The largest absolute Gasteiger partial charge is 0.493 e. The van der Waals surface area contributed by atoms with Gasteiger partial charge < -0.3 is 19.5 Å². The molecule has 9 nitrogen and oxygen atoms in total. The van der Waals surface area contributed by atoms with Crippen LogP contribution in [0.3, 0.4) is 0 Å². The quantitative estimate of drug-likeness (QED) is 0.319. The lowest BCUT2D eigenvalue weighted by atomic mass is 9.94. The van der Waals surface area contributed by atoms with Crippen LogP contribution in [0, 0.1) is 0 Å². The molecule has 37 heavy (non-hydrogen) atoms. The number of nitrogens with zero attached hydrogens (tertiary/aromatic N) is 4. The minimum atomic E-state index is -0.605. The third-order valence-corrected chi connectivity index (χ3v) is 7.68. The molecule has 1 atom stereocenters. The van der Waals surface area contributed by atoms with Crippen LogP contribution in [-0.4, -0.2) is 39.4 Å². The van der Waals surface area contributed by atoms with Gasteiger partial charge in [-0.2, -0.15) is 4.68 Å². The van der Waals surface area contributed by atoms with Crippen LogP contribution in [0.1, 0.15) is 56.2 Å². The van der Waals surface area contributed by atoms with Gasteiger partial charge in [-0.3, -0.25) is 0 Å². The summed E-state index contributed by atoms with van der Waals surface area (Å²) in [5, 5.41) is 15.2. The van der Waals surface area contributed by atoms with Crippen molar-refractivity contribution in [2.75, 3.05) is 12.4 Å². The fourth-order valence-corrected chi connectivity index (χ4v) is 5.82. The molecule has 1 aliphatic carbocycles. The summed E-state index contributed by atoms with van der Waals surface area (Å²) in [7, 11) is 1.59. The number of anilines is 1. The second-order valence-electron chi connectivity index (χ2n) is 9.13. The molecule has 1 unspecified atom stereocenters. The van der Waals surface area contributed by atoms with Gasteiger partial charge in [0.25, 0.3) is 0 Å². The number of allylic oxidation sites excluding steroid dienone is 1. The molecule has 3 aromatic rings. The van der Waals surface area contributed by atoms with Crippen LogP contribution in [0.15, 0.2) is 56.6 Å². The SMILES string of the molecule is COc1cc(C2C(C(=O)OC3CCCCC3)=C(C)Nc3nnnn32)cc(Br)c1OCc1cccc(Br)c1. The Labute approximate surface area is 231 Å². The van der Waals surface area contributed by atoms with Gasteiger partial charge in [0.1, 0.15) is 18.8 Å². The number of rotatable bonds is 7. The van der Waals surface area contributed by atoms with Crippen molar-refractivity contribution < 1.29 is 19.0 Å². The zero-order valence-electron chi connectivity index (χ0n) is 20.5. The molecule has 2 aliphatic rings. The van der Waals surface area contributed by atoms with Crippen molar-refractivity contribution in [1.29, 1.82) is 0 Å². The molecule has 0 saturated heterocycles. The van der Waals surface area contributed by atoms with Crippen LogP contribution < -0.4 is 14.8 Å². The monoisotopic (exact) mass is 631 g/mol.